The first-order valence-corrected chi connectivity index (χ1v) is 6.09. The molecule has 0 aliphatic rings. The molecule has 0 radical (unpaired) electrons. The highest BCUT2D eigenvalue weighted by molar-refractivity contribution is 7.38. The SMILES string of the molecule is CC(C)(C)OC(=O)NCC(F)C[PH](=O)O.N. The van der Waals surface area contributed by atoms with Crippen molar-refractivity contribution in [2.75, 3.05) is 12.7 Å². The Hall–Kier alpha value is -0.650. The summed E-state index contributed by atoms with van der Waals surface area (Å²) in [4.78, 5) is 19.5. The van der Waals surface area contributed by atoms with Crippen molar-refractivity contribution in [1.29, 1.82) is 0 Å². The molecule has 16 heavy (non-hydrogen) atoms. The standard InChI is InChI=1S/C8H17FNO4P.H3N/c1-8(2,3)14-7(11)10-4-6(9)5-15(12)13;/h6,15H,4-5H2,1-3H3,(H,10,11)(H,12,13);1H3. The maximum Gasteiger partial charge on any atom is 0.407 e. The van der Waals surface area contributed by atoms with Crippen molar-refractivity contribution >= 4 is 14.1 Å². The Morgan fingerprint density at radius 2 is 2.06 bits per heavy atom. The van der Waals surface area contributed by atoms with Gasteiger partial charge < -0.3 is 21.1 Å². The fourth-order valence-corrected chi connectivity index (χ4v) is 1.29. The molecular formula is C8H20FN2O4P. The Balaban J connectivity index is 0. The number of carbonyl (C=O) groups excluding carboxylic acids is 1. The summed E-state index contributed by atoms with van der Waals surface area (Å²) >= 11 is 0. The van der Waals surface area contributed by atoms with Gasteiger partial charge in [0.1, 0.15) is 11.8 Å². The van der Waals surface area contributed by atoms with Gasteiger partial charge in [-0.1, -0.05) is 0 Å². The first-order valence-electron chi connectivity index (χ1n) is 4.53. The van der Waals surface area contributed by atoms with E-state index in [0.29, 0.717) is 0 Å². The fourth-order valence-electron chi connectivity index (χ4n) is 0.770. The largest absolute Gasteiger partial charge is 0.444 e. The molecule has 6 nitrogen and oxygen atoms in total. The zero-order chi connectivity index (χ0) is 12.1. The van der Waals surface area contributed by atoms with Crippen molar-refractivity contribution in [2.45, 2.75) is 32.5 Å². The summed E-state index contributed by atoms with van der Waals surface area (Å²) in [6.45, 7) is 4.75. The minimum absolute atomic E-state index is 0. The molecule has 0 fully saturated rings. The molecule has 0 heterocycles. The van der Waals surface area contributed by atoms with E-state index in [1.807, 2.05) is 0 Å². The van der Waals surface area contributed by atoms with Gasteiger partial charge in [-0.3, -0.25) is 4.57 Å². The van der Waals surface area contributed by atoms with Crippen LogP contribution in [0.3, 0.4) is 0 Å². The molecule has 0 rings (SSSR count). The van der Waals surface area contributed by atoms with Crippen molar-refractivity contribution < 1.29 is 23.4 Å². The third-order valence-electron chi connectivity index (χ3n) is 1.26. The summed E-state index contributed by atoms with van der Waals surface area (Å²) in [7, 11) is -2.83. The van der Waals surface area contributed by atoms with Crippen LogP contribution >= 0.6 is 8.03 Å². The van der Waals surface area contributed by atoms with Crippen molar-refractivity contribution in [3.63, 3.8) is 0 Å². The molecule has 98 valence electrons. The Morgan fingerprint density at radius 3 is 2.44 bits per heavy atom. The number of amides is 1. The lowest BCUT2D eigenvalue weighted by molar-refractivity contribution is 0.0515. The van der Waals surface area contributed by atoms with Crippen molar-refractivity contribution in [3.8, 4) is 0 Å². The molecule has 0 aliphatic carbocycles. The smallest absolute Gasteiger partial charge is 0.407 e. The van der Waals surface area contributed by atoms with E-state index in [1.54, 1.807) is 20.8 Å². The van der Waals surface area contributed by atoms with Crippen LogP contribution in [-0.2, 0) is 9.30 Å². The highest BCUT2D eigenvalue weighted by Crippen LogP contribution is 2.15. The number of hydrogen-bond acceptors (Lipinski definition) is 4. The summed E-state index contributed by atoms with van der Waals surface area (Å²) in [6, 6.07) is 0. The van der Waals surface area contributed by atoms with Crippen LogP contribution in [0.1, 0.15) is 20.8 Å². The van der Waals surface area contributed by atoms with Crippen LogP contribution in [0.15, 0.2) is 0 Å². The number of alkyl carbamates (subject to hydrolysis) is 1. The molecule has 0 bridgehead atoms. The monoisotopic (exact) mass is 258 g/mol. The van der Waals surface area contributed by atoms with Crippen LogP contribution in [0, 0.1) is 0 Å². The number of alkyl halides is 1. The quantitative estimate of drug-likeness (QED) is 0.661. The number of hydrogen-bond donors (Lipinski definition) is 3. The molecular weight excluding hydrogens is 238 g/mol. The Morgan fingerprint density at radius 1 is 1.56 bits per heavy atom. The number of nitrogens with one attached hydrogen (secondary N) is 1. The maximum atomic E-state index is 12.8. The summed E-state index contributed by atoms with van der Waals surface area (Å²) in [6.07, 6.45) is -2.70. The highest BCUT2D eigenvalue weighted by atomic mass is 31.1. The van der Waals surface area contributed by atoms with Gasteiger partial charge in [0.25, 0.3) is 0 Å². The molecule has 8 heteroatoms. The van der Waals surface area contributed by atoms with Crippen LogP contribution in [0.25, 0.3) is 0 Å². The van der Waals surface area contributed by atoms with Crippen LogP contribution in [0.4, 0.5) is 9.18 Å². The van der Waals surface area contributed by atoms with E-state index in [1.165, 1.54) is 0 Å². The Kier molecular flexibility index (Phi) is 8.42. The molecule has 0 aromatic heterocycles. The minimum atomic E-state index is -2.83. The van der Waals surface area contributed by atoms with E-state index in [0.717, 1.165) is 0 Å². The Bertz CT molecular complexity index is 245. The van der Waals surface area contributed by atoms with Crippen molar-refractivity contribution in [2.24, 2.45) is 0 Å². The van der Waals surface area contributed by atoms with Gasteiger partial charge in [-0.25, -0.2) is 9.18 Å². The van der Waals surface area contributed by atoms with E-state index in [4.69, 9.17) is 9.63 Å². The van der Waals surface area contributed by atoms with Gasteiger partial charge in [-0.05, 0) is 20.8 Å². The summed E-state index contributed by atoms with van der Waals surface area (Å²) < 4.78 is 28.0. The molecule has 0 spiro atoms. The third kappa shape index (κ3) is 11.4. The first kappa shape index (κ1) is 17.7. The minimum Gasteiger partial charge on any atom is -0.444 e. The topological polar surface area (TPSA) is 111 Å². The summed E-state index contributed by atoms with van der Waals surface area (Å²) in [5.41, 5.74) is -0.639. The van der Waals surface area contributed by atoms with Crippen LogP contribution < -0.4 is 11.5 Å². The second kappa shape index (κ2) is 7.60. The van der Waals surface area contributed by atoms with E-state index < -0.39 is 32.1 Å². The number of carbonyl (C=O) groups is 1. The lowest BCUT2D eigenvalue weighted by atomic mass is 10.2. The van der Waals surface area contributed by atoms with Gasteiger partial charge in [0.05, 0.1) is 12.7 Å². The highest BCUT2D eigenvalue weighted by Gasteiger charge is 2.17. The molecule has 0 saturated carbocycles. The van der Waals surface area contributed by atoms with E-state index in [9.17, 15) is 13.8 Å². The second-order valence-corrected chi connectivity index (χ2v) is 5.27. The van der Waals surface area contributed by atoms with E-state index >= 15 is 0 Å². The first-order chi connectivity index (χ1) is 6.70. The van der Waals surface area contributed by atoms with Crippen molar-refractivity contribution in [1.82, 2.24) is 11.5 Å². The second-order valence-electron chi connectivity index (χ2n) is 4.08. The predicted molar refractivity (Wildman–Crippen MR) is 60.2 cm³/mol. The number of halogens is 1. The third-order valence-corrected chi connectivity index (χ3v) is 2.06. The van der Waals surface area contributed by atoms with E-state index in [-0.39, 0.29) is 12.7 Å². The molecule has 2 atom stereocenters. The zero-order valence-corrected chi connectivity index (χ0v) is 10.7. The Labute approximate surface area is 95.0 Å². The molecule has 1 amide bonds. The molecule has 0 aromatic carbocycles. The van der Waals surface area contributed by atoms with Gasteiger partial charge in [0, 0.05) is 0 Å². The van der Waals surface area contributed by atoms with Gasteiger partial charge in [-0.2, -0.15) is 0 Å². The average molecular weight is 258 g/mol. The lowest BCUT2D eigenvalue weighted by Gasteiger charge is -2.20. The van der Waals surface area contributed by atoms with E-state index in [2.05, 4.69) is 5.32 Å². The summed E-state index contributed by atoms with van der Waals surface area (Å²) in [5.74, 6) is 0. The molecule has 0 aromatic rings. The summed E-state index contributed by atoms with van der Waals surface area (Å²) in [5, 5.41) is 2.17. The lowest BCUT2D eigenvalue weighted by Crippen LogP contribution is -2.36. The van der Waals surface area contributed by atoms with Gasteiger partial charge >= 0.3 is 6.09 Å². The van der Waals surface area contributed by atoms with Gasteiger partial charge in [0.15, 0.2) is 8.03 Å². The van der Waals surface area contributed by atoms with Crippen LogP contribution in [0.2, 0.25) is 0 Å². The molecule has 0 saturated heterocycles. The normalized spacial score (nSPS) is 14.6. The van der Waals surface area contributed by atoms with Crippen LogP contribution in [0.5, 0.6) is 0 Å². The molecule has 0 aliphatic heterocycles. The average Bonchev–Trinajstić information content (AvgIpc) is 1.96. The van der Waals surface area contributed by atoms with Gasteiger partial charge in [-0.15, -0.1) is 0 Å². The number of ether oxygens (including phenoxy) is 1. The predicted octanol–water partition coefficient (Wildman–Crippen LogP) is 1.48. The molecule has 2 unspecified atom stereocenters. The van der Waals surface area contributed by atoms with Crippen LogP contribution in [-0.4, -0.2) is 35.5 Å². The zero-order valence-electron chi connectivity index (χ0n) is 9.75. The van der Waals surface area contributed by atoms with Crippen molar-refractivity contribution in [3.05, 3.63) is 0 Å². The number of rotatable bonds is 4. The fraction of sp³-hybridized carbons (Fsp3) is 0.875. The molecule has 5 N–H and O–H groups in total. The van der Waals surface area contributed by atoms with Gasteiger partial charge in [0.2, 0.25) is 0 Å². The maximum absolute atomic E-state index is 12.8.